The lowest BCUT2D eigenvalue weighted by molar-refractivity contribution is 0.287. The topological polar surface area (TPSA) is 29.3 Å². The van der Waals surface area contributed by atoms with Gasteiger partial charge < -0.3 is 5.73 Å². The minimum Gasteiger partial charge on any atom is -0.329 e. The van der Waals surface area contributed by atoms with E-state index < -0.39 is 0 Å². The molecule has 1 rings (SSSR count). The van der Waals surface area contributed by atoms with Crippen molar-refractivity contribution >= 4 is 34.2 Å². The number of hydrogen-bond donors (Lipinski definition) is 1. The van der Waals surface area contributed by atoms with E-state index in [4.69, 9.17) is 17.3 Å². The number of nitrogens with two attached hydrogens (primary N) is 1. The molecule has 0 saturated heterocycles. The number of halogens is 2. The maximum absolute atomic E-state index is 5.97. The van der Waals surface area contributed by atoms with E-state index >= 15 is 0 Å². The Balaban J connectivity index is 2.73. The predicted octanol–water partition coefficient (Wildman–Crippen LogP) is 2.73. The van der Waals surface area contributed by atoms with Crippen LogP contribution in [0.25, 0.3) is 0 Å². The summed E-state index contributed by atoms with van der Waals surface area (Å²) in [5.41, 5.74) is 6.83. The van der Waals surface area contributed by atoms with Crippen LogP contribution in [0.3, 0.4) is 0 Å². The second-order valence-corrected chi connectivity index (χ2v) is 4.99. The molecule has 1 aromatic rings. The number of nitrogens with zero attached hydrogens (tertiary/aromatic N) is 1. The summed E-state index contributed by atoms with van der Waals surface area (Å²) >= 11 is 8.31. The molecule has 0 aromatic heterocycles. The van der Waals surface area contributed by atoms with Gasteiger partial charge in [0.05, 0.1) is 0 Å². The van der Waals surface area contributed by atoms with Gasteiger partial charge in [0.2, 0.25) is 0 Å². The average Bonchev–Trinajstić information content (AvgIpc) is 2.22. The first-order valence-corrected chi connectivity index (χ1v) is 6.49. The Hall–Kier alpha value is 0.160. The zero-order chi connectivity index (χ0) is 11.3. The maximum Gasteiger partial charge on any atom is 0.0409 e. The summed E-state index contributed by atoms with van der Waals surface area (Å²) in [6.45, 7) is 5.71. The molecule has 0 aliphatic heterocycles. The Morgan fingerprint density at radius 1 is 1.47 bits per heavy atom. The summed E-state index contributed by atoms with van der Waals surface area (Å²) in [5, 5.41) is 0.800. The molecular formula is C11H16ClIN2. The van der Waals surface area contributed by atoms with E-state index in [9.17, 15) is 0 Å². The Labute approximate surface area is 110 Å². The first-order chi connectivity index (χ1) is 7.17. The van der Waals surface area contributed by atoms with E-state index in [0.29, 0.717) is 6.54 Å². The molecule has 0 fully saturated rings. The third-order valence-electron chi connectivity index (χ3n) is 2.29. The zero-order valence-electron chi connectivity index (χ0n) is 8.84. The highest BCUT2D eigenvalue weighted by Gasteiger charge is 2.06. The number of benzene rings is 1. The first-order valence-electron chi connectivity index (χ1n) is 5.03. The predicted molar refractivity (Wildman–Crippen MR) is 74.2 cm³/mol. The standard InChI is InChI=1S/C11H16ClIN2/c1-2-15(6-5-14)8-9-7-10(12)3-4-11(9)13/h3-4,7H,2,5-6,8,14H2,1H3. The molecule has 0 heterocycles. The lowest BCUT2D eigenvalue weighted by Gasteiger charge is -2.20. The lowest BCUT2D eigenvalue weighted by Crippen LogP contribution is -2.29. The molecule has 4 heteroatoms. The molecule has 15 heavy (non-hydrogen) atoms. The summed E-state index contributed by atoms with van der Waals surface area (Å²) in [6, 6.07) is 6.00. The van der Waals surface area contributed by atoms with Crippen LogP contribution in [-0.2, 0) is 6.54 Å². The highest BCUT2D eigenvalue weighted by atomic mass is 127. The van der Waals surface area contributed by atoms with Crippen molar-refractivity contribution in [3.63, 3.8) is 0 Å². The van der Waals surface area contributed by atoms with Crippen molar-refractivity contribution in [3.05, 3.63) is 32.4 Å². The smallest absolute Gasteiger partial charge is 0.0409 e. The van der Waals surface area contributed by atoms with E-state index in [1.54, 1.807) is 0 Å². The summed E-state index contributed by atoms with van der Waals surface area (Å²) in [5.74, 6) is 0. The normalized spacial score (nSPS) is 11.0. The van der Waals surface area contributed by atoms with Crippen molar-refractivity contribution in [2.45, 2.75) is 13.5 Å². The van der Waals surface area contributed by atoms with Crippen LogP contribution in [0.1, 0.15) is 12.5 Å². The SMILES string of the molecule is CCN(CCN)Cc1cc(Cl)ccc1I. The van der Waals surface area contributed by atoms with Gasteiger partial charge in [-0.25, -0.2) is 0 Å². The third kappa shape index (κ3) is 4.26. The molecule has 0 aliphatic rings. The van der Waals surface area contributed by atoms with E-state index in [1.807, 2.05) is 12.1 Å². The third-order valence-corrected chi connectivity index (χ3v) is 3.58. The highest BCUT2D eigenvalue weighted by Crippen LogP contribution is 2.19. The van der Waals surface area contributed by atoms with E-state index in [0.717, 1.165) is 24.7 Å². The fourth-order valence-electron chi connectivity index (χ4n) is 1.44. The van der Waals surface area contributed by atoms with Gasteiger partial charge in [0.15, 0.2) is 0 Å². The first kappa shape index (κ1) is 13.2. The van der Waals surface area contributed by atoms with Gasteiger partial charge in [-0.1, -0.05) is 18.5 Å². The van der Waals surface area contributed by atoms with Crippen LogP contribution in [0.5, 0.6) is 0 Å². The fraction of sp³-hybridized carbons (Fsp3) is 0.455. The molecule has 0 aliphatic carbocycles. The zero-order valence-corrected chi connectivity index (χ0v) is 11.8. The second-order valence-electron chi connectivity index (χ2n) is 3.39. The van der Waals surface area contributed by atoms with Gasteiger partial charge in [0.1, 0.15) is 0 Å². The molecule has 0 saturated carbocycles. The molecule has 2 N–H and O–H groups in total. The Morgan fingerprint density at radius 2 is 2.20 bits per heavy atom. The lowest BCUT2D eigenvalue weighted by atomic mass is 10.2. The van der Waals surface area contributed by atoms with Crippen molar-refractivity contribution < 1.29 is 0 Å². The van der Waals surface area contributed by atoms with E-state index in [2.05, 4.69) is 40.5 Å². The number of likely N-dealkylation sites (N-methyl/N-ethyl adjacent to an activating group) is 1. The minimum absolute atomic E-state index is 0.699. The van der Waals surface area contributed by atoms with Crippen LogP contribution < -0.4 is 5.73 Å². The Morgan fingerprint density at radius 3 is 2.80 bits per heavy atom. The molecule has 1 aromatic carbocycles. The van der Waals surface area contributed by atoms with Gasteiger partial charge in [-0.05, 0) is 52.9 Å². The second kappa shape index (κ2) is 6.68. The Bertz CT molecular complexity index is 317. The molecule has 0 atom stereocenters. The largest absolute Gasteiger partial charge is 0.329 e. The number of hydrogen-bond acceptors (Lipinski definition) is 2. The maximum atomic E-state index is 5.97. The summed E-state index contributed by atoms with van der Waals surface area (Å²) in [4.78, 5) is 2.31. The molecular weight excluding hydrogens is 322 g/mol. The van der Waals surface area contributed by atoms with E-state index in [-0.39, 0.29) is 0 Å². The van der Waals surface area contributed by atoms with Crippen molar-refractivity contribution in [3.8, 4) is 0 Å². The summed E-state index contributed by atoms with van der Waals surface area (Å²) in [6.07, 6.45) is 0. The van der Waals surface area contributed by atoms with Gasteiger partial charge in [-0.15, -0.1) is 0 Å². The Kier molecular flexibility index (Phi) is 5.89. The number of rotatable bonds is 5. The quantitative estimate of drug-likeness (QED) is 0.837. The van der Waals surface area contributed by atoms with Crippen LogP contribution in [0.15, 0.2) is 18.2 Å². The van der Waals surface area contributed by atoms with Gasteiger partial charge in [0.25, 0.3) is 0 Å². The van der Waals surface area contributed by atoms with E-state index in [1.165, 1.54) is 9.13 Å². The van der Waals surface area contributed by atoms with Crippen LogP contribution in [0, 0.1) is 3.57 Å². The van der Waals surface area contributed by atoms with Crippen molar-refractivity contribution in [1.82, 2.24) is 4.90 Å². The van der Waals surface area contributed by atoms with Gasteiger partial charge >= 0.3 is 0 Å². The van der Waals surface area contributed by atoms with Gasteiger partial charge in [0, 0.05) is 28.2 Å². The molecule has 0 amide bonds. The van der Waals surface area contributed by atoms with Crippen LogP contribution >= 0.6 is 34.2 Å². The summed E-state index contributed by atoms with van der Waals surface area (Å²) in [7, 11) is 0. The molecule has 0 unspecified atom stereocenters. The van der Waals surface area contributed by atoms with Gasteiger partial charge in [-0.2, -0.15) is 0 Å². The molecule has 0 radical (unpaired) electrons. The highest BCUT2D eigenvalue weighted by molar-refractivity contribution is 14.1. The average molecular weight is 339 g/mol. The molecule has 0 spiro atoms. The van der Waals surface area contributed by atoms with Crippen molar-refractivity contribution in [1.29, 1.82) is 0 Å². The van der Waals surface area contributed by atoms with Crippen molar-refractivity contribution in [2.24, 2.45) is 5.73 Å². The molecule has 2 nitrogen and oxygen atoms in total. The fourth-order valence-corrected chi connectivity index (χ4v) is 2.14. The van der Waals surface area contributed by atoms with Crippen LogP contribution in [0.2, 0.25) is 5.02 Å². The monoisotopic (exact) mass is 338 g/mol. The van der Waals surface area contributed by atoms with Crippen LogP contribution in [0.4, 0.5) is 0 Å². The van der Waals surface area contributed by atoms with Gasteiger partial charge in [-0.3, -0.25) is 4.90 Å². The minimum atomic E-state index is 0.699. The molecule has 84 valence electrons. The van der Waals surface area contributed by atoms with Crippen molar-refractivity contribution in [2.75, 3.05) is 19.6 Å². The van der Waals surface area contributed by atoms with Crippen LogP contribution in [-0.4, -0.2) is 24.5 Å². The molecule has 0 bridgehead atoms. The summed E-state index contributed by atoms with van der Waals surface area (Å²) < 4.78 is 1.26.